The van der Waals surface area contributed by atoms with E-state index in [-0.39, 0.29) is 24.5 Å². The Hall–Kier alpha value is -1.14. The molecule has 0 aromatic rings. The molecule has 2 amide bonds. The molecule has 0 aliphatic rings. The van der Waals surface area contributed by atoms with Crippen LogP contribution < -0.4 is 11.1 Å². The Morgan fingerprint density at radius 2 is 1.94 bits per heavy atom. The molecule has 0 aliphatic heterocycles. The summed E-state index contributed by atoms with van der Waals surface area (Å²) in [4.78, 5) is 24.6. The lowest BCUT2D eigenvalue weighted by molar-refractivity contribution is -0.121. The normalized spacial score (nSPS) is 11.4. The molecule has 0 bridgehead atoms. The minimum absolute atomic E-state index is 0.0553. The maximum absolute atomic E-state index is 11.6. The maximum atomic E-state index is 11.6. The molecule has 0 saturated carbocycles. The number of nitrogens with zero attached hydrogens (tertiary/aromatic N) is 1. The van der Waals surface area contributed by atoms with Crippen molar-refractivity contribution in [1.82, 2.24) is 10.2 Å². The average Bonchev–Trinajstić information content (AvgIpc) is 2.27. The zero-order valence-electron chi connectivity index (χ0n) is 11.8. The van der Waals surface area contributed by atoms with Gasteiger partial charge in [0, 0.05) is 6.54 Å². The number of nitrogens with one attached hydrogen (secondary N) is 1. The molecule has 0 heterocycles. The van der Waals surface area contributed by atoms with Crippen LogP contribution in [0.15, 0.2) is 0 Å². The number of rotatable bonds is 7. The van der Waals surface area contributed by atoms with E-state index in [1.54, 1.807) is 6.92 Å². The third-order valence-electron chi connectivity index (χ3n) is 2.54. The largest absolute Gasteiger partial charge is 0.450 e. The third-order valence-corrected chi connectivity index (χ3v) is 2.54. The van der Waals surface area contributed by atoms with Crippen molar-refractivity contribution in [3.05, 3.63) is 0 Å². The molecule has 6 heteroatoms. The van der Waals surface area contributed by atoms with Gasteiger partial charge in [-0.05, 0) is 25.4 Å². The van der Waals surface area contributed by atoms with Crippen molar-refractivity contribution < 1.29 is 14.3 Å². The predicted molar refractivity (Wildman–Crippen MR) is 70.1 cm³/mol. The van der Waals surface area contributed by atoms with E-state index in [4.69, 9.17) is 5.73 Å². The molecule has 106 valence electrons. The van der Waals surface area contributed by atoms with Crippen molar-refractivity contribution in [3.8, 4) is 0 Å². The molecule has 0 rings (SSSR count). The molecule has 0 aliphatic carbocycles. The van der Waals surface area contributed by atoms with Crippen molar-refractivity contribution in [2.45, 2.75) is 27.7 Å². The van der Waals surface area contributed by atoms with E-state index in [9.17, 15) is 9.59 Å². The highest BCUT2D eigenvalue weighted by Crippen LogP contribution is 2.14. The Kier molecular flexibility index (Phi) is 7.54. The Balaban J connectivity index is 4.20. The van der Waals surface area contributed by atoms with Crippen LogP contribution in [0, 0.1) is 5.41 Å². The lowest BCUT2D eigenvalue weighted by Crippen LogP contribution is -2.45. The number of alkyl carbamates (subject to hydrolysis) is 1. The number of hydrogen-bond acceptors (Lipinski definition) is 5. The fourth-order valence-corrected chi connectivity index (χ4v) is 1.47. The molecular formula is C12H25N3O3. The topological polar surface area (TPSA) is 84.7 Å². The smallest absolute Gasteiger partial charge is 0.413 e. The second kappa shape index (κ2) is 8.05. The summed E-state index contributed by atoms with van der Waals surface area (Å²) in [5, 5.41) is 2.18. The fourth-order valence-electron chi connectivity index (χ4n) is 1.47. The van der Waals surface area contributed by atoms with E-state index in [0.29, 0.717) is 13.1 Å². The number of amides is 2. The molecule has 0 radical (unpaired) electrons. The summed E-state index contributed by atoms with van der Waals surface area (Å²) >= 11 is 0. The molecular weight excluding hydrogens is 234 g/mol. The maximum Gasteiger partial charge on any atom is 0.413 e. The second-order valence-corrected chi connectivity index (χ2v) is 4.94. The van der Waals surface area contributed by atoms with E-state index in [0.717, 1.165) is 6.54 Å². The first-order valence-corrected chi connectivity index (χ1v) is 6.23. The van der Waals surface area contributed by atoms with Crippen LogP contribution in [0.3, 0.4) is 0 Å². The first kappa shape index (κ1) is 16.9. The van der Waals surface area contributed by atoms with Crippen LogP contribution in [-0.2, 0) is 9.53 Å². The minimum Gasteiger partial charge on any atom is -0.450 e. The Labute approximate surface area is 109 Å². The van der Waals surface area contributed by atoms with Crippen molar-refractivity contribution in [1.29, 1.82) is 0 Å². The highest BCUT2D eigenvalue weighted by molar-refractivity contribution is 5.92. The van der Waals surface area contributed by atoms with Crippen molar-refractivity contribution in [2.75, 3.05) is 32.8 Å². The Morgan fingerprint density at radius 3 is 2.39 bits per heavy atom. The number of likely N-dealkylation sites (N-methyl/N-ethyl adjacent to an activating group) is 1. The number of ether oxygens (including phenoxy) is 1. The quantitative estimate of drug-likeness (QED) is 0.698. The highest BCUT2D eigenvalue weighted by Gasteiger charge is 2.21. The van der Waals surface area contributed by atoms with Crippen molar-refractivity contribution in [3.63, 3.8) is 0 Å². The summed E-state index contributed by atoms with van der Waals surface area (Å²) < 4.78 is 4.64. The van der Waals surface area contributed by atoms with Crippen molar-refractivity contribution >= 4 is 12.0 Å². The molecule has 0 aromatic heterocycles. The van der Waals surface area contributed by atoms with Crippen LogP contribution in [0.2, 0.25) is 0 Å². The Morgan fingerprint density at radius 1 is 1.33 bits per heavy atom. The van der Waals surface area contributed by atoms with Crippen LogP contribution in [0.1, 0.15) is 27.7 Å². The predicted octanol–water partition coefficient (Wildman–Crippen LogP) is 0.566. The van der Waals surface area contributed by atoms with Crippen molar-refractivity contribution in [2.24, 2.45) is 11.1 Å². The summed E-state index contributed by atoms with van der Waals surface area (Å²) in [6.45, 7) is 10.1. The van der Waals surface area contributed by atoms with Gasteiger partial charge in [-0.25, -0.2) is 4.79 Å². The average molecular weight is 259 g/mol. The number of hydrogen-bond donors (Lipinski definition) is 2. The van der Waals surface area contributed by atoms with Gasteiger partial charge < -0.3 is 10.5 Å². The van der Waals surface area contributed by atoms with Gasteiger partial charge in [-0.15, -0.1) is 0 Å². The van der Waals surface area contributed by atoms with Gasteiger partial charge in [0.15, 0.2) is 0 Å². The molecule has 0 atom stereocenters. The van der Waals surface area contributed by atoms with E-state index < -0.39 is 6.09 Å². The zero-order valence-corrected chi connectivity index (χ0v) is 11.8. The molecule has 0 fully saturated rings. The lowest BCUT2D eigenvalue weighted by atomic mass is 9.93. The monoisotopic (exact) mass is 259 g/mol. The molecule has 0 saturated heterocycles. The third kappa shape index (κ3) is 7.24. The lowest BCUT2D eigenvalue weighted by Gasteiger charge is -2.30. The summed E-state index contributed by atoms with van der Waals surface area (Å²) in [7, 11) is 0. The summed E-state index contributed by atoms with van der Waals surface area (Å²) in [5.74, 6) is -0.358. The van der Waals surface area contributed by atoms with E-state index >= 15 is 0 Å². The summed E-state index contributed by atoms with van der Waals surface area (Å²) in [6.07, 6.45) is -0.698. The first-order chi connectivity index (χ1) is 8.34. The molecule has 0 unspecified atom stereocenters. The van der Waals surface area contributed by atoms with Gasteiger partial charge in [-0.3, -0.25) is 15.0 Å². The van der Waals surface area contributed by atoms with Crippen LogP contribution >= 0.6 is 0 Å². The number of carbonyl (C=O) groups is 2. The first-order valence-electron chi connectivity index (χ1n) is 6.23. The van der Waals surface area contributed by atoms with Crippen LogP contribution in [-0.4, -0.2) is 49.7 Å². The molecule has 3 N–H and O–H groups in total. The fraction of sp³-hybridized carbons (Fsp3) is 0.833. The SMILES string of the molecule is CCOC(=O)NC(=O)CN(CC)CC(C)(C)CN. The zero-order chi connectivity index (χ0) is 14.2. The standard InChI is InChI=1S/C12H25N3O3/c1-5-15(9-12(3,4)8-13)7-10(16)14-11(17)18-6-2/h5-9,13H2,1-4H3,(H,14,16,17). The van der Waals surface area contributed by atoms with Gasteiger partial charge in [0.25, 0.3) is 0 Å². The Bertz CT molecular complexity index is 280. The van der Waals surface area contributed by atoms with Gasteiger partial charge in [-0.2, -0.15) is 0 Å². The van der Waals surface area contributed by atoms with Gasteiger partial charge in [0.2, 0.25) is 5.91 Å². The van der Waals surface area contributed by atoms with Crippen LogP contribution in [0.4, 0.5) is 4.79 Å². The van der Waals surface area contributed by atoms with Crippen LogP contribution in [0.25, 0.3) is 0 Å². The van der Waals surface area contributed by atoms with E-state index in [1.807, 2.05) is 25.7 Å². The second-order valence-electron chi connectivity index (χ2n) is 4.94. The van der Waals surface area contributed by atoms with Gasteiger partial charge >= 0.3 is 6.09 Å². The van der Waals surface area contributed by atoms with Crippen LogP contribution in [0.5, 0.6) is 0 Å². The molecule has 0 aromatic carbocycles. The number of nitrogens with two attached hydrogens (primary N) is 1. The molecule has 0 spiro atoms. The highest BCUT2D eigenvalue weighted by atomic mass is 16.5. The number of imide groups is 1. The van der Waals surface area contributed by atoms with Gasteiger partial charge in [0.1, 0.15) is 0 Å². The number of carbonyl (C=O) groups excluding carboxylic acids is 2. The molecule has 6 nitrogen and oxygen atoms in total. The van der Waals surface area contributed by atoms with E-state index in [1.165, 1.54) is 0 Å². The minimum atomic E-state index is -0.698. The van der Waals surface area contributed by atoms with E-state index in [2.05, 4.69) is 10.1 Å². The van der Waals surface area contributed by atoms with Gasteiger partial charge in [0.05, 0.1) is 13.2 Å². The molecule has 18 heavy (non-hydrogen) atoms. The van der Waals surface area contributed by atoms with Gasteiger partial charge in [-0.1, -0.05) is 20.8 Å². The summed E-state index contributed by atoms with van der Waals surface area (Å²) in [6, 6.07) is 0. The summed E-state index contributed by atoms with van der Waals surface area (Å²) in [5.41, 5.74) is 5.60.